The number of halogens is 1. The molecule has 0 radical (unpaired) electrons. The van der Waals surface area contributed by atoms with Crippen LogP contribution in [0.25, 0.3) is 0 Å². The molecule has 0 aliphatic rings. The summed E-state index contributed by atoms with van der Waals surface area (Å²) in [5, 5.41) is 3.55. The summed E-state index contributed by atoms with van der Waals surface area (Å²) in [5.74, 6) is 1.20. The van der Waals surface area contributed by atoms with Gasteiger partial charge < -0.3 is 5.32 Å². The lowest BCUT2D eigenvalue weighted by Crippen LogP contribution is -2.27. The molecule has 1 atom stereocenters. The van der Waals surface area contributed by atoms with Crippen molar-refractivity contribution in [3.63, 3.8) is 0 Å². The first kappa shape index (κ1) is 16.2. The molecule has 1 aromatic rings. The summed E-state index contributed by atoms with van der Waals surface area (Å²) in [5.41, 5.74) is 1.24. The second kappa shape index (κ2) is 9.08. The highest BCUT2D eigenvalue weighted by Gasteiger charge is 2.09. The Morgan fingerprint density at radius 3 is 2.37 bits per heavy atom. The molecule has 0 amide bonds. The molecule has 0 fully saturated rings. The zero-order chi connectivity index (χ0) is 14.1. The fourth-order valence-electron chi connectivity index (χ4n) is 2.30. The maximum Gasteiger partial charge on any atom is 0.123 e. The Balaban J connectivity index is 2.45. The van der Waals surface area contributed by atoms with Crippen LogP contribution in [0.3, 0.4) is 0 Å². The average molecular weight is 265 g/mol. The van der Waals surface area contributed by atoms with Crippen LogP contribution < -0.4 is 5.32 Å². The third kappa shape index (κ3) is 7.31. The number of hydrogen-bond acceptors (Lipinski definition) is 1. The molecule has 108 valence electrons. The molecule has 0 bridgehead atoms. The minimum absolute atomic E-state index is 0.146. The summed E-state index contributed by atoms with van der Waals surface area (Å²) in [6.45, 7) is 8.83. The van der Waals surface area contributed by atoms with Gasteiger partial charge in [0.25, 0.3) is 0 Å². The van der Waals surface area contributed by atoms with Crippen LogP contribution in [0, 0.1) is 17.7 Å². The molecular formula is C17H28FN. The summed E-state index contributed by atoms with van der Waals surface area (Å²) in [6, 6.07) is 6.95. The Labute approximate surface area is 117 Å². The average Bonchev–Trinajstić information content (AvgIpc) is 2.38. The number of benzene rings is 1. The fourth-order valence-corrected chi connectivity index (χ4v) is 2.30. The summed E-state index contributed by atoms with van der Waals surface area (Å²) >= 11 is 0. The van der Waals surface area contributed by atoms with E-state index in [0.717, 1.165) is 19.5 Å². The van der Waals surface area contributed by atoms with E-state index < -0.39 is 0 Å². The van der Waals surface area contributed by atoms with Crippen LogP contribution in [-0.4, -0.2) is 13.1 Å². The maximum absolute atomic E-state index is 12.9. The first-order valence-electron chi connectivity index (χ1n) is 7.57. The summed E-state index contributed by atoms with van der Waals surface area (Å²) < 4.78 is 12.9. The normalized spacial score (nSPS) is 12.9. The summed E-state index contributed by atoms with van der Waals surface area (Å²) in [7, 11) is 0. The minimum atomic E-state index is -0.146. The van der Waals surface area contributed by atoms with Crippen molar-refractivity contribution in [3.05, 3.63) is 35.6 Å². The second-order valence-corrected chi connectivity index (χ2v) is 5.89. The van der Waals surface area contributed by atoms with Gasteiger partial charge in [-0.15, -0.1) is 0 Å². The van der Waals surface area contributed by atoms with Crippen molar-refractivity contribution in [3.8, 4) is 0 Å². The molecule has 1 nitrogen and oxygen atoms in total. The van der Waals surface area contributed by atoms with E-state index in [0.29, 0.717) is 11.8 Å². The molecule has 1 unspecified atom stereocenters. The molecule has 19 heavy (non-hydrogen) atoms. The van der Waals surface area contributed by atoms with Gasteiger partial charge in [0.1, 0.15) is 5.82 Å². The first-order valence-corrected chi connectivity index (χ1v) is 7.57. The molecule has 2 heteroatoms. The molecule has 0 aliphatic carbocycles. The van der Waals surface area contributed by atoms with Gasteiger partial charge >= 0.3 is 0 Å². The summed E-state index contributed by atoms with van der Waals surface area (Å²) in [4.78, 5) is 0. The Bertz CT molecular complexity index is 332. The van der Waals surface area contributed by atoms with Crippen molar-refractivity contribution >= 4 is 0 Å². The van der Waals surface area contributed by atoms with Crippen LogP contribution in [-0.2, 0) is 6.42 Å². The second-order valence-electron chi connectivity index (χ2n) is 5.89. The smallest absolute Gasteiger partial charge is 0.123 e. The minimum Gasteiger partial charge on any atom is -0.316 e. The van der Waals surface area contributed by atoms with Crippen molar-refractivity contribution in [1.82, 2.24) is 5.32 Å². The van der Waals surface area contributed by atoms with Gasteiger partial charge in [-0.2, -0.15) is 0 Å². The molecule has 0 aliphatic heterocycles. The Morgan fingerprint density at radius 1 is 1.11 bits per heavy atom. The third-order valence-electron chi connectivity index (χ3n) is 3.39. The Hall–Kier alpha value is -0.890. The third-order valence-corrected chi connectivity index (χ3v) is 3.39. The zero-order valence-electron chi connectivity index (χ0n) is 12.6. The van der Waals surface area contributed by atoms with Crippen molar-refractivity contribution < 1.29 is 4.39 Å². The van der Waals surface area contributed by atoms with E-state index in [4.69, 9.17) is 0 Å². The van der Waals surface area contributed by atoms with Crippen LogP contribution in [0.5, 0.6) is 0 Å². The first-order chi connectivity index (χ1) is 9.11. The largest absolute Gasteiger partial charge is 0.316 e. The molecule has 1 N–H and O–H groups in total. The lowest BCUT2D eigenvalue weighted by molar-refractivity contribution is 0.413. The SMILES string of the molecule is CCCCC(CNCC(C)C)Cc1ccc(F)cc1. The molecule has 0 saturated heterocycles. The lowest BCUT2D eigenvalue weighted by Gasteiger charge is -2.18. The van der Waals surface area contributed by atoms with Gasteiger partial charge in [-0.1, -0.05) is 45.7 Å². The Morgan fingerprint density at radius 2 is 1.79 bits per heavy atom. The van der Waals surface area contributed by atoms with Gasteiger partial charge in [0.05, 0.1) is 0 Å². The van der Waals surface area contributed by atoms with E-state index in [-0.39, 0.29) is 5.82 Å². The standard InChI is InChI=1S/C17H28FN/c1-4-5-6-16(13-19-12-14(2)3)11-15-7-9-17(18)10-8-15/h7-10,14,16,19H,4-6,11-13H2,1-3H3. The maximum atomic E-state index is 12.9. The molecule has 0 saturated carbocycles. The fraction of sp³-hybridized carbons (Fsp3) is 0.647. The number of rotatable bonds is 9. The predicted octanol–water partition coefficient (Wildman–Crippen LogP) is 4.42. The number of hydrogen-bond donors (Lipinski definition) is 1. The predicted molar refractivity (Wildman–Crippen MR) is 80.8 cm³/mol. The van der Waals surface area contributed by atoms with E-state index in [1.54, 1.807) is 12.1 Å². The van der Waals surface area contributed by atoms with E-state index in [1.165, 1.54) is 24.8 Å². The highest BCUT2D eigenvalue weighted by atomic mass is 19.1. The quantitative estimate of drug-likeness (QED) is 0.697. The zero-order valence-corrected chi connectivity index (χ0v) is 12.6. The van der Waals surface area contributed by atoms with Crippen LogP contribution in [0.4, 0.5) is 4.39 Å². The lowest BCUT2D eigenvalue weighted by atomic mass is 9.94. The molecule has 0 heterocycles. The van der Waals surface area contributed by atoms with Crippen molar-refractivity contribution in [2.24, 2.45) is 11.8 Å². The van der Waals surface area contributed by atoms with E-state index in [2.05, 4.69) is 26.1 Å². The van der Waals surface area contributed by atoms with Crippen molar-refractivity contribution in [2.45, 2.75) is 46.5 Å². The molecule has 1 rings (SSSR count). The highest BCUT2D eigenvalue weighted by molar-refractivity contribution is 5.16. The van der Waals surface area contributed by atoms with Gasteiger partial charge in [0, 0.05) is 0 Å². The van der Waals surface area contributed by atoms with Crippen LogP contribution in [0.15, 0.2) is 24.3 Å². The van der Waals surface area contributed by atoms with Crippen molar-refractivity contribution in [2.75, 3.05) is 13.1 Å². The molecule has 1 aromatic carbocycles. The van der Waals surface area contributed by atoms with Gasteiger partial charge in [0.2, 0.25) is 0 Å². The molecule has 0 spiro atoms. The molecular weight excluding hydrogens is 237 g/mol. The van der Waals surface area contributed by atoms with Gasteiger partial charge in [-0.05, 0) is 55.5 Å². The highest BCUT2D eigenvalue weighted by Crippen LogP contribution is 2.15. The number of nitrogens with one attached hydrogen (secondary N) is 1. The summed E-state index contributed by atoms with van der Waals surface area (Å²) in [6.07, 6.45) is 4.81. The Kier molecular flexibility index (Phi) is 7.73. The van der Waals surface area contributed by atoms with Gasteiger partial charge in [0.15, 0.2) is 0 Å². The van der Waals surface area contributed by atoms with E-state index in [9.17, 15) is 4.39 Å². The van der Waals surface area contributed by atoms with Crippen LogP contribution in [0.1, 0.15) is 45.6 Å². The van der Waals surface area contributed by atoms with Crippen molar-refractivity contribution in [1.29, 1.82) is 0 Å². The topological polar surface area (TPSA) is 12.0 Å². The molecule has 0 aromatic heterocycles. The van der Waals surface area contributed by atoms with Gasteiger partial charge in [-0.25, -0.2) is 4.39 Å². The van der Waals surface area contributed by atoms with Crippen LogP contribution >= 0.6 is 0 Å². The van der Waals surface area contributed by atoms with E-state index in [1.807, 2.05) is 12.1 Å². The number of unbranched alkanes of at least 4 members (excludes halogenated alkanes) is 1. The van der Waals surface area contributed by atoms with E-state index >= 15 is 0 Å². The van der Waals surface area contributed by atoms with Crippen LogP contribution in [0.2, 0.25) is 0 Å². The monoisotopic (exact) mass is 265 g/mol. The van der Waals surface area contributed by atoms with Gasteiger partial charge in [-0.3, -0.25) is 0 Å².